The van der Waals surface area contributed by atoms with Gasteiger partial charge in [0, 0.05) is 39.8 Å². The Kier molecular flexibility index (Phi) is 11.9. The monoisotopic (exact) mass is 490 g/mol. The van der Waals surface area contributed by atoms with E-state index in [1.807, 2.05) is 0 Å². The van der Waals surface area contributed by atoms with Crippen molar-refractivity contribution >= 4 is 29.9 Å². The highest BCUT2D eigenvalue weighted by atomic mass is 127. The molecule has 1 aromatic carbocycles. The number of hydrogen-bond donors (Lipinski definition) is 2. The molecule has 0 saturated carbocycles. The van der Waals surface area contributed by atoms with Crippen LogP contribution in [-0.4, -0.2) is 63.0 Å². The molecule has 2 unspecified atom stereocenters. The Bertz CT molecular complexity index is 561. The zero-order valence-corrected chi connectivity index (χ0v) is 19.4. The molecular formula is C20H35IN4O2. The lowest BCUT2D eigenvalue weighted by Crippen LogP contribution is -2.44. The lowest BCUT2D eigenvalue weighted by molar-refractivity contribution is -0.0705. The molecule has 2 N–H and O–H groups in total. The van der Waals surface area contributed by atoms with Crippen molar-refractivity contribution in [2.75, 3.05) is 39.9 Å². The number of methoxy groups -OCH3 is 1. The summed E-state index contributed by atoms with van der Waals surface area (Å²) in [6.07, 6.45) is 0.573. The molecule has 1 aliphatic rings. The molecular weight excluding hydrogens is 455 g/mol. The van der Waals surface area contributed by atoms with Crippen molar-refractivity contribution in [1.29, 1.82) is 0 Å². The van der Waals surface area contributed by atoms with E-state index in [1.54, 1.807) is 7.11 Å². The largest absolute Gasteiger partial charge is 0.383 e. The predicted octanol–water partition coefficient (Wildman–Crippen LogP) is 2.62. The average Bonchev–Trinajstić information content (AvgIpc) is 2.60. The van der Waals surface area contributed by atoms with Crippen LogP contribution in [0.15, 0.2) is 29.3 Å². The molecule has 2 rings (SSSR count). The molecule has 2 atom stereocenters. The lowest BCUT2D eigenvalue weighted by Gasteiger charge is -2.35. The third kappa shape index (κ3) is 8.76. The maximum Gasteiger partial charge on any atom is 0.191 e. The second-order valence-corrected chi connectivity index (χ2v) is 6.83. The van der Waals surface area contributed by atoms with Crippen molar-refractivity contribution in [3.63, 3.8) is 0 Å². The molecule has 154 valence electrons. The van der Waals surface area contributed by atoms with Gasteiger partial charge < -0.3 is 20.1 Å². The van der Waals surface area contributed by atoms with Gasteiger partial charge >= 0.3 is 0 Å². The fourth-order valence-corrected chi connectivity index (χ4v) is 3.30. The molecule has 1 aliphatic heterocycles. The van der Waals surface area contributed by atoms with Gasteiger partial charge in [-0.1, -0.05) is 24.3 Å². The minimum absolute atomic E-state index is 0. The van der Waals surface area contributed by atoms with Crippen molar-refractivity contribution in [2.24, 2.45) is 4.99 Å². The summed E-state index contributed by atoms with van der Waals surface area (Å²) >= 11 is 0. The van der Waals surface area contributed by atoms with Crippen LogP contribution in [0.3, 0.4) is 0 Å². The van der Waals surface area contributed by atoms with Crippen molar-refractivity contribution in [2.45, 2.75) is 46.1 Å². The lowest BCUT2D eigenvalue weighted by atomic mass is 10.1. The molecule has 0 amide bonds. The first-order chi connectivity index (χ1) is 12.6. The quantitative estimate of drug-likeness (QED) is 0.254. The summed E-state index contributed by atoms with van der Waals surface area (Å²) in [5, 5.41) is 6.57. The zero-order valence-electron chi connectivity index (χ0n) is 17.0. The molecule has 0 bridgehead atoms. The van der Waals surface area contributed by atoms with Crippen LogP contribution in [0.1, 0.15) is 31.9 Å². The molecule has 1 fully saturated rings. The number of hydrogen-bond acceptors (Lipinski definition) is 4. The topological polar surface area (TPSA) is 58.1 Å². The van der Waals surface area contributed by atoms with E-state index >= 15 is 0 Å². The van der Waals surface area contributed by atoms with E-state index < -0.39 is 0 Å². The Labute approximate surface area is 181 Å². The highest BCUT2D eigenvalue weighted by molar-refractivity contribution is 14.0. The number of aliphatic imine (C=N–C) groups is 1. The van der Waals surface area contributed by atoms with E-state index in [4.69, 9.17) is 14.5 Å². The first-order valence-corrected chi connectivity index (χ1v) is 9.58. The van der Waals surface area contributed by atoms with Gasteiger partial charge in [-0.05, 0) is 31.9 Å². The zero-order chi connectivity index (χ0) is 18.8. The highest BCUT2D eigenvalue weighted by Gasteiger charge is 2.22. The Balaban J connectivity index is 0.00000364. The number of halogens is 1. The minimum Gasteiger partial charge on any atom is -0.383 e. The number of nitrogens with one attached hydrogen (secondary N) is 2. The van der Waals surface area contributed by atoms with E-state index in [2.05, 4.69) is 60.6 Å². The van der Waals surface area contributed by atoms with Crippen LogP contribution in [0.25, 0.3) is 0 Å². The van der Waals surface area contributed by atoms with Crippen LogP contribution in [0, 0.1) is 0 Å². The van der Waals surface area contributed by atoms with Gasteiger partial charge in [-0.15, -0.1) is 24.0 Å². The number of rotatable bonds is 8. The Morgan fingerprint density at radius 3 is 2.48 bits per heavy atom. The van der Waals surface area contributed by atoms with Gasteiger partial charge in [0.15, 0.2) is 5.96 Å². The predicted molar refractivity (Wildman–Crippen MR) is 122 cm³/mol. The van der Waals surface area contributed by atoms with Gasteiger partial charge in [0.1, 0.15) is 0 Å². The summed E-state index contributed by atoms with van der Waals surface area (Å²) in [6, 6.07) is 8.58. The molecule has 0 radical (unpaired) electrons. The van der Waals surface area contributed by atoms with Crippen LogP contribution < -0.4 is 10.6 Å². The Morgan fingerprint density at radius 1 is 1.19 bits per heavy atom. The molecule has 1 heterocycles. The summed E-state index contributed by atoms with van der Waals surface area (Å²) in [5.41, 5.74) is 2.61. The van der Waals surface area contributed by atoms with Crippen molar-refractivity contribution < 1.29 is 9.47 Å². The van der Waals surface area contributed by atoms with Crippen molar-refractivity contribution in [1.82, 2.24) is 15.5 Å². The van der Waals surface area contributed by atoms with Gasteiger partial charge in [0.2, 0.25) is 0 Å². The average molecular weight is 490 g/mol. The van der Waals surface area contributed by atoms with Crippen LogP contribution in [0.2, 0.25) is 0 Å². The normalized spacial score (nSPS) is 20.8. The Morgan fingerprint density at radius 2 is 1.85 bits per heavy atom. The Hall–Kier alpha value is -0.900. The maximum absolute atomic E-state index is 5.85. The molecule has 7 heteroatoms. The van der Waals surface area contributed by atoms with Gasteiger partial charge in [0.05, 0.1) is 25.4 Å². The van der Waals surface area contributed by atoms with Crippen molar-refractivity contribution in [3.8, 4) is 0 Å². The fraction of sp³-hybridized carbons (Fsp3) is 0.650. The van der Waals surface area contributed by atoms with E-state index in [0.717, 1.165) is 38.7 Å². The minimum atomic E-state index is 0. The molecule has 0 aromatic heterocycles. The third-order valence-corrected chi connectivity index (χ3v) is 4.36. The summed E-state index contributed by atoms with van der Waals surface area (Å²) in [6.45, 7) is 12.2. The fourth-order valence-electron chi connectivity index (χ4n) is 3.30. The number of ether oxygens (including phenoxy) is 2. The summed E-state index contributed by atoms with van der Waals surface area (Å²) in [5.74, 6) is 0.827. The second-order valence-electron chi connectivity index (χ2n) is 6.83. The number of nitrogens with zero attached hydrogens (tertiary/aromatic N) is 2. The number of benzene rings is 1. The molecule has 1 aromatic rings. The number of morpholine rings is 1. The molecule has 27 heavy (non-hydrogen) atoms. The van der Waals surface area contributed by atoms with Crippen LogP contribution in [0.5, 0.6) is 0 Å². The molecule has 0 spiro atoms. The van der Waals surface area contributed by atoms with E-state index in [0.29, 0.717) is 13.2 Å². The van der Waals surface area contributed by atoms with Gasteiger partial charge in [-0.3, -0.25) is 4.90 Å². The van der Waals surface area contributed by atoms with E-state index in [-0.39, 0.29) is 36.2 Å². The van der Waals surface area contributed by atoms with Crippen LogP contribution in [0.4, 0.5) is 0 Å². The smallest absolute Gasteiger partial charge is 0.191 e. The molecule has 0 aliphatic carbocycles. The summed E-state index contributed by atoms with van der Waals surface area (Å²) in [7, 11) is 1.70. The standard InChI is InChI=1S/C20H34N4O2.HI/c1-5-21-20(22-10-11-25-4)23-12-18-8-6-7-9-19(18)15-24-13-16(2)26-17(3)14-24;/h6-9,16-17H,5,10-15H2,1-4H3,(H2,21,22,23);1H. The second kappa shape index (κ2) is 13.3. The molecule has 1 saturated heterocycles. The van der Waals surface area contributed by atoms with Crippen LogP contribution in [-0.2, 0) is 22.6 Å². The number of guanidine groups is 1. The first-order valence-electron chi connectivity index (χ1n) is 9.58. The van der Waals surface area contributed by atoms with Crippen molar-refractivity contribution in [3.05, 3.63) is 35.4 Å². The van der Waals surface area contributed by atoms with Gasteiger partial charge in [-0.25, -0.2) is 4.99 Å². The SMILES string of the molecule is CCNC(=NCc1ccccc1CN1CC(C)OC(C)C1)NCCOC.I. The highest BCUT2D eigenvalue weighted by Crippen LogP contribution is 2.17. The summed E-state index contributed by atoms with van der Waals surface area (Å²) in [4.78, 5) is 7.21. The van der Waals surface area contributed by atoms with Gasteiger partial charge in [0.25, 0.3) is 0 Å². The maximum atomic E-state index is 5.85. The third-order valence-electron chi connectivity index (χ3n) is 4.36. The van der Waals surface area contributed by atoms with Crippen LogP contribution >= 0.6 is 24.0 Å². The van der Waals surface area contributed by atoms with E-state index in [9.17, 15) is 0 Å². The van der Waals surface area contributed by atoms with E-state index in [1.165, 1.54) is 11.1 Å². The summed E-state index contributed by atoms with van der Waals surface area (Å²) < 4.78 is 10.9. The molecule has 6 nitrogen and oxygen atoms in total. The van der Waals surface area contributed by atoms with Gasteiger partial charge in [-0.2, -0.15) is 0 Å². The first kappa shape index (κ1) is 24.1.